The molecule has 0 saturated carbocycles. The molecular formula is C11H14O3. The molecule has 0 spiro atoms. The van der Waals surface area contributed by atoms with Gasteiger partial charge in [-0.3, -0.25) is 4.79 Å². The summed E-state index contributed by atoms with van der Waals surface area (Å²) in [7, 11) is 1.62. The number of ether oxygens (including phenoxy) is 2. The molecule has 0 heterocycles. The van der Waals surface area contributed by atoms with Crippen LogP contribution in [0.25, 0.3) is 0 Å². The van der Waals surface area contributed by atoms with Gasteiger partial charge in [0.25, 0.3) is 0 Å². The van der Waals surface area contributed by atoms with E-state index in [-0.39, 0.29) is 6.10 Å². The molecule has 0 amide bonds. The Bertz CT molecular complexity index is 296. The number of rotatable bonds is 5. The molecule has 0 N–H and O–H groups in total. The summed E-state index contributed by atoms with van der Waals surface area (Å²) in [5.41, 5.74) is 0.566. The topological polar surface area (TPSA) is 35.5 Å². The highest BCUT2D eigenvalue weighted by atomic mass is 16.5. The number of hydrogen-bond donors (Lipinski definition) is 0. The van der Waals surface area contributed by atoms with Crippen LogP contribution in [0.15, 0.2) is 24.3 Å². The Morgan fingerprint density at radius 2 is 2.14 bits per heavy atom. The van der Waals surface area contributed by atoms with Crippen molar-refractivity contribution in [2.45, 2.75) is 13.0 Å². The summed E-state index contributed by atoms with van der Waals surface area (Å²) in [4.78, 5) is 10.6. The molecule has 1 unspecified atom stereocenters. The average Bonchev–Trinajstić information content (AvgIpc) is 2.26. The third-order valence-corrected chi connectivity index (χ3v) is 1.92. The van der Waals surface area contributed by atoms with E-state index >= 15 is 0 Å². The lowest BCUT2D eigenvalue weighted by Gasteiger charge is -2.12. The summed E-state index contributed by atoms with van der Waals surface area (Å²) in [6.07, 6.45) is 0.807. The summed E-state index contributed by atoms with van der Waals surface area (Å²) >= 11 is 0. The van der Waals surface area contributed by atoms with E-state index in [0.29, 0.717) is 17.9 Å². The number of methoxy groups -OCH3 is 1. The van der Waals surface area contributed by atoms with E-state index in [1.807, 2.05) is 13.0 Å². The number of benzene rings is 1. The molecule has 1 rings (SSSR count). The van der Waals surface area contributed by atoms with Crippen molar-refractivity contribution in [3.05, 3.63) is 29.8 Å². The van der Waals surface area contributed by atoms with Gasteiger partial charge in [-0.25, -0.2) is 0 Å². The highest BCUT2D eigenvalue weighted by Crippen LogP contribution is 2.15. The van der Waals surface area contributed by atoms with Gasteiger partial charge in [0, 0.05) is 7.11 Å². The van der Waals surface area contributed by atoms with Gasteiger partial charge in [0.1, 0.15) is 12.4 Å². The third kappa shape index (κ3) is 2.85. The van der Waals surface area contributed by atoms with Crippen LogP contribution >= 0.6 is 0 Å². The maximum absolute atomic E-state index is 10.6. The highest BCUT2D eigenvalue weighted by molar-refractivity contribution is 5.79. The molecule has 0 saturated heterocycles. The van der Waals surface area contributed by atoms with Crippen LogP contribution in [0.2, 0.25) is 0 Å². The van der Waals surface area contributed by atoms with Gasteiger partial charge in [-0.1, -0.05) is 12.1 Å². The summed E-state index contributed by atoms with van der Waals surface area (Å²) in [6, 6.07) is 7.13. The van der Waals surface area contributed by atoms with E-state index in [1.165, 1.54) is 0 Å². The zero-order chi connectivity index (χ0) is 10.4. The number of aldehydes is 1. The van der Waals surface area contributed by atoms with Crippen LogP contribution in [0.3, 0.4) is 0 Å². The van der Waals surface area contributed by atoms with Gasteiger partial charge < -0.3 is 9.47 Å². The quantitative estimate of drug-likeness (QED) is 0.672. The Morgan fingerprint density at radius 3 is 2.79 bits per heavy atom. The molecule has 0 aliphatic carbocycles. The number of para-hydroxylation sites is 1. The fraction of sp³-hybridized carbons (Fsp3) is 0.364. The fourth-order valence-corrected chi connectivity index (χ4v) is 0.985. The minimum Gasteiger partial charge on any atom is -0.490 e. The lowest BCUT2D eigenvalue weighted by molar-refractivity contribution is 0.0711. The van der Waals surface area contributed by atoms with E-state index in [2.05, 4.69) is 0 Å². The first-order valence-electron chi connectivity index (χ1n) is 4.47. The van der Waals surface area contributed by atoms with E-state index < -0.39 is 0 Å². The lowest BCUT2D eigenvalue weighted by Crippen LogP contribution is -2.16. The Balaban J connectivity index is 2.61. The minimum atomic E-state index is 0.0229. The van der Waals surface area contributed by atoms with Crippen molar-refractivity contribution in [3.63, 3.8) is 0 Å². The monoisotopic (exact) mass is 194 g/mol. The van der Waals surface area contributed by atoms with Crippen molar-refractivity contribution < 1.29 is 14.3 Å². The summed E-state index contributed by atoms with van der Waals surface area (Å²) in [6.45, 7) is 2.35. The Labute approximate surface area is 83.6 Å². The molecule has 3 heteroatoms. The maximum atomic E-state index is 10.6. The largest absolute Gasteiger partial charge is 0.490 e. The average molecular weight is 194 g/mol. The molecule has 1 aromatic carbocycles. The second-order valence-corrected chi connectivity index (χ2v) is 3.01. The van der Waals surface area contributed by atoms with Crippen LogP contribution in [-0.2, 0) is 4.74 Å². The predicted molar refractivity (Wildman–Crippen MR) is 53.8 cm³/mol. The molecule has 1 aromatic rings. The van der Waals surface area contributed by atoms with Gasteiger partial charge in [-0.2, -0.15) is 0 Å². The number of carbonyl (C=O) groups excluding carboxylic acids is 1. The summed E-state index contributed by atoms with van der Waals surface area (Å²) < 4.78 is 10.5. The van der Waals surface area contributed by atoms with Crippen LogP contribution < -0.4 is 4.74 Å². The molecular weight excluding hydrogens is 180 g/mol. The first-order chi connectivity index (χ1) is 6.77. The van der Waals surface area contributed by atoms with Crippen LogP contribution in [0.4, 0.5) is 0 Å². The van der Waals surface area contributed by atoms with Crippen molar-refractivity contribution in [2.24, 2.45) is 0 Å². The molecule has 3 nitrogen and oxygen atoms in total. The molecule has 14 heavy (non-hydrogen) atoms. The zero-order valence-electron chi connectivity index (χ0n) is 8.40. The van der Waals surface area contributed by atoms with Gasteiger partial charge in [-0.05, 0) is 19.1 Å². The second kappa shape index (κ2) is 5.40. The maximum Gasteiger partial charge on any atom is 0.153 e. The SMILES string of the molecule is COC(C)COc1ccccc1C=O. The van der Waals surface area contributed by atoms with Crippen molar-refractivity contribution in [1.82, 2.24) is 0 Å². The van der Waals surface area contributed by atoms with Crippen molar-refractivity contribution in [1.29, 1.82) is 0 Å². The van der Waals surface area contributed by atoms with Crippen LogP contribution in [0.1, 0.15) is 17.3 Å². The second-order valence-electron chi connectivity index (χ2n) is 3.01. The summed E-state index contributed by atoms with van der Waals surface area (Å²) in [5.74, 6) is 0.603. The van der Waals surface area contributed by atoms with Crippen LogP contribution in [0.5, 0.6) is 5.75 Å². The standard InChI is InChI=1S/C11H14O3/c1-9(13-2)8-14-11-6-4-3-5-10(11)7-12/h3-7,9H,8H2,1-2H3. The highest BCUT2D eigenvalue weighted by Gasteiger charge is 2.04. The van der Waals surface area contributed by atoms with Crippen LogP contribution in [0, 0.1) is 0 Å². The fourth-order valence-electron chi connectivity index (χ4n) is 0.985. The van der Waals surface area contributed by atoms with Crippen LogP contribution in [-0.4, -0.2) is 26.1 Å². The molecule has 1 atom stereocenters. The van der Waals surface area contributed by atoms with Gasteiger partial charge in [0.05, 0.1) is 11.7 Å². The Hall–Kier alpha value is -1.35. The van der Waals surface area contributed by atoms with E-state index in [1.54, 1.807) is 25.3 Å². The van der Waals surface area contributed by atoms with Gasteiger partial charge in [0.15, 0.2) is 6.29 Å². The van der Waals surface area contributed by atoms with Crippen molar-refractivity contribution in [2.75, 3.05) is 13.7 Å². The number of hydrogen-bond acceptors (Lipinski definition) is 3. The van der Waals surface area contributed by atoms with E-state index in [0.717, 1.165) is 6.29 Å². The molecule has 0 aliphatic heterocycles. The third-order valence-electron chi connectivity index (χ3n) is 1.92. The van der Waals surface area contributed by atoms with Gasteiger partial charge in [-0.15, -0.1) is 0 Å². The smallest absolute Gasteiger partial charge is 0.153 e. The lowest BCUT2D eigenvalue weighted by atomic mass is 10.2. The molecule has 76 valence electrons. The first-order valence-corrected chi connectivity index (χ1v) is 4.47. The molecule has 0 radical (unpaired) electrons. The molecule has 0 fully saturated rings. The predicted octanol–water partition coefficient (Wildman–Crippen LogP) is 1.91. The molecule has 0 bridgehead atoms. The number of carbonyl (C=O) groups is 1. The van der Waals surface area contributed by atoms with E-state index in [4.69, 9.17) is 9.47 Å². The Morgan fingerprint density at radius 1 is 1.43 bits per heavy atom. The van der Waals surface area contributed by atoms with Crippen molar-refractivity contribution in [3.8, 4) is 5.75 Å². The van der Waals surface area contributed by atoms with E-state index in [9.17, 15) is 4.79 Å². The zero-order valence-corrected chi connectivity index (χ0v) is 8.40. The van der Waals surface area contributed by atoms with Gasteiger partial charge >= 0.3 is 0 Å². The van der Waals surface area contributed by atoms with Gasteiger partial charge in [0.2, 0.25) is 0 Å². The minimum absolute atomic E-state index is 0.0229. The van der Waals surface area contributed by atoms with Crippen molar-refractivity contribution >= 4 is 6.29 Å². The first kappa shape index (κ1) is 10.7. The normalized spacial score (nSPS) is 12.1. The molecule has 0 aromatic heterocycles. The summed E-state index contributed by atoms with van der Waals surface area (Å²) in [5, 5.41) is 0. The molecule has 0 aliphatic rings. The Kier molecular flexibility index (Phi) is 4.13.